The van der Waals surface area contributed by atoms with Crippen LogP contribution in [0.4, 0.5) is 74.6 Å². The molecule has 21 heteroatoms. The molecule has 0 saturated carbocycles. The third kappa shape index (κ3) is 5.45. The molecule has 0 fully saturated rings. The van der Waals surface area contributed by atoms with Gasteiger partial charge in [0.25, 0.3) is 0 Å². The van der Waals surface area contributed by atoms with Crippen molar-refractivity contribution in [3.05, 3.63) is 12.2 Å². The first-order valence-corrected chi connectivity index (χ1v) is 9.47. The average molecular weight is 618 g/mol. The molecule has 0 heterocycles. The van der Waals surface area contributed by atoms with E-state index < -0.39 is 83.1 Å². The molecular weight excluding hydrogens is 603 g/mol. The van der Waals surface area contributed by atoms with Crippen molar-refractivity contribution in [2.24, 2.45) is 5.92 Å². The third-order valence-corrected chi connectivity index (χ3v) is 5.34. The molecule has 4 nitrogen and oxygen atoms in total. The number of carbonyl (C=O) groups is 2. The number of alkyl halides is 17. The Bertz CT molecular complexity index is 965. The van der Waals surface area contributed by atoms with E-state index in [-0.39, 0.29) is 20.8 Å². The zero-order chi connectivity index (χ0) is 32.2. The number of carboxylic acid groups (broad SMARTS) is 1. The summed E-state index contributed by atoms with van der Waals surface area (Å²) in [4.78, 5) is 22.2. The first-order valence-electron chi connectivity index (χ1n) is 9.47. The van der Waals surface area contributed by atoms with Gasteiger partial charge in [0.1, 0.15) is 5.60 Å². The van der Waals surface area contributed by atoms with Gasteiger partial charge in [-0.1, -0.05) is 13.5 Å². The van der Waals surface area contributed by atoms with Crippen LogP contribution in [0.5, 0.6) is 0 Å². The lowest BCUT2D eigenvalue weighted by molar-refractivity contribution is -0.464. The number of hydrogen-bond donors (Lipinski definition) is 1. The van der Waals surface area contributed by atoms with Crippen LogP contribution in [0.3, 0.4) is 0 Å². The molecule has 0 aromatic heterocycles. The summed E-state index contributed by atoms with van der Waals surface area (Å²) in [5.74, 6) is -65.1. The van der Waals surface area contributed by atoms with Crippen molar-refractivity contribution in [2.45, 2.75) is 80.4 Å². The Morgan fingerprint density at radius 3 is 1.28 bits per heavy atom. The minimum atomic E-state index is -8.76. The zero-order valence-electron chi connectivity index (χ0n) is 19.1. The summed E-state index contributed by atoms with van der Waals surface area (Å²) in [6.07, 6.45) is -9.13. The number of aliphatic carboxylic acids is 1. The maximum atomic E-state index is 14.5. The summed E-state index contributed by atoms with van der Waals surface area (Å²) in [6, 6.07) is 0. The normalized spacial score (nSPS) is 16.1. The molecule has 0 radical (unpaired) electrons. The lowest BCUT2D eigenvalue weighted by Gasteiger charge is -2.45. The Balaban J connectivity index is 6.73. The third-order valence-electron chi connectivity index (χ3n) is 5.34. The van der Waals surface area contributed by atoms with Crippen molar-refractivity contribution in [1.29, 1.82) is 0 Å². The molecular formula is C18H15F17O4. The second kappa shape index (κ2) is 9.84. The van der Waals surface area contributed by atoms with Crippen LogP contribution in [-0.2, 0) is 14.3 Å². The van der Waals surface area contributed by atoms with E-state index in [1.807, 2.05) is 0 Å². The highest BCUT2D eigenvalue weighted by atomic mass is 19.4. The van der Waals surface area contributed by atoms with Gasteiger partial charge in [0.05, 0.1) is 12.3 Å². The first-order chi connectivity index (χ1) is 16.6. The maximum absolute atomic E-state index is 14.5. The number of halogens is 17. The molecule has 230 valence electrons. The molecule has 1 atom stereocenters. The highest BCUT2D eigenvalue weighted by Crippen LogP contribution is 2.65. The summed E-state index contributed by atoms with van der Waals surface area (Å²) in [5, 5.41) is 8.49. The van der Waals surface area contributed by atoms with Crippen molar-refractivity contribution < 1.29 is 94.1 Å². The molecule has 0 aromatic carbocycles. The first kappa shape index (κ1) is 36.5. The zero-order valence-corrected chi connectivity index (χ0v) is 19.1. The van der Waals surface area contributed by atoms with Gasteiger partial charge in [-0.05, 0) is 13.8 Å². The summed E-state index contributed by atoms with van der Waals surface area (Å²) in [7, 11) is 0. The van der Waals surface area contributed by atoms with E-state index in [2.05, 4.69) is 11.3 Å². The number of ether oxygens (including phenoxy) is 1. The SMILES string of the molecule is C=C(CC(=O)O)C(=O)OC(C)(C)C(C)C(F)(F)C(F)(F)C(F)(F)C(F)(F)C(F)(F)C(F)(F)C(F)(F)C(F)(F)F. The van der Waals surface area contributed by atoms with E-state index in [1.165, 1.54) is 0 Å². The number of hydrogen-bond acceptors (Lipinski definition) is 3. The topological polar surface area (TPSA) is 63.6 Å². The molecule has 0 aliphatic heterocycles. The van der Waals surface area contributed by atoms with E-state index in [0.717, 1.165) is 0 Å². The van der Waals surface area contributed by atoms with Crippen LogP contribution in [0.15, 0.2) is 12.2 Å². The van der Waals surface area contributed by atoms with Gasteiger partial charge < -0.3 is 9.84 Å². The molecule has 0 spiro atoms. The van der Waals surface area contributed by atoms with Crippen molar-refractivity contribution in [2.75, 3.05) is 0 Å². The van der Waals surface area contributed by atoms with E-state index in [4.69, 9.17) is 5.11 Å². The molecule has 39 heavy (non-hydrogen) atoms. The van der Waals surface area contributed by atoms with E-state index in [1.54, 1.807) is 0 Å². The van der Waals surface area contributed by atoms with Gasteiger partial charge in [-0.3, -0.25) is 4.79 Å². The monoisotopic (exact) mass is 618 g/mol. The molecule has 0 bridgehead atoms. The Morgan fingerprint density at radius 1 is 0.667 bits per heavy atom. The summed E-state index contributed by atoms with van der Waals surface area (Å²) in [6.45, 7) is 2.92. The van der Waals surface area contributed by atoms with Gasteiger partial charge in [-0.25, -0.2) is 4.79 Å². The van der Waals surface area contributed by atoms with Crippen LogP contribution in [0.1, 0.15) is 27.2 Å². The average Bonchev–Trinajstić information content (AvgIpc) is 2.70. The largest absolute Gasteiger partial charge is 0.481 e. The fourth-order valence-corrected chi connectivity index (χ4v) is 2.54. The predicted molar refractivity (Wildman–Crippen MR) is 91.4 cm³/mol. The van der Waals surface area contributed by atoms with Crippen LogP contribution in [-0.4, -0.2) is 70.3 Å². The van der Waals surface area contributed by atoms with E-state index >= 15 is 0 Å². The van der Waals surface area contributed by atoms with Crippen LogP contribution in [0.2, 0.25) is 0 Å². The van der Waals surface area contributed by atoms with Crippen LogP contribution < -0.4 is 0 Å². The van der Waals surface area contributed by atoms with Crippen molar-refractivity contribution in [3.8, 4) is 0 Å². The second-order valence-electron chi connectivity index (χ2n) is 8.46. The van der Waals surface area contributed by atoms with E-state index in [0.29, 0.717) is 0 Å². The molecule has 0 saturated heterocycles. The van der Waals surface area contributed by atoms with Gasteiger partial charge in [0.2, 0.25) is 0 Å². The van der Waals surface area contributed by atoms with Crippen LogP contribution in [0, 0.1) is 5.92 Å². The highest BCUT2D eigenvalue weighted by Gasteiger charge is 2.95. The molecule has 1 unspecified atom stereocenters. The van der Waals surface area contributed by atoms with Crippen molar-refractivity contribution >= 4 is 11.9 Å². The molecule has 0 aliphatic carbocycles. The number of carbonyl (C=O) groups excluding carboxylic acids is 1. The fraction of sp³-hybridized carbons (Fsp3) is 0.778. The Kier molecular flexibility index (Phi) is 9.21. The van der Waals surface area contributed by atoms with Crippen LogP contribution >= 0.6 is 0 Å². The fourth-order valence-electron chi connectivity index (χ4n) is 2.54. The van der Waals surface area contributed by atoms with E-state index in [9.17, 15) is 84.2 Å². The molecule has 1 N–H and O–H groups in total. The number of rotatable bonds is 12. The lowest BCUT2D eigenvalue weighted by Crippen LogP contribution is -2.75. The molecule has 0 rings (SSSR count). The number of carboxylic acids is 1. The smallest absolute Gasteiger partial charge is 0.460 e. The molecule has 0 amide bonds. The summed E-state index contributed by atoms with van der Waals surface area (Å²) < 4.78 is 233. The number of esters is 1. The van der Waals surface area contributed by atoms with Gasteiger partial charge in [-0.15, -0.1) is 0 Å². The maximum Gasteiger partial charge on any atom is 0.460 e. The summed E-state index contributed by atoms with van der Waals surface area (Å²) >= 11 is 0. The van der Waals surface area contributed by atoms with Crippen LogP contribution in [0.25, 0.3) is 0 Å². The highest BCUT2D eigenvalue weighted by molar-refractivity contribution is 5.93. The minimum Gasteiger partial charge on any atom is -0.481 e. The van der Waals surface area contributed by atoms with Gasteiger partial charge in [0, 0.05) is 5.57 Å². The Hall–Kier alpha value is -2.51. The van der Waals surface area contributed by atoms with Gasteiger partial charge in [-0.2, -0.15) is 74.6 Å². The summed E-state index contributed by atoms with van der Waals surface area (Å²) in [5.41, 5.74) is -4.32. The Morgan fingerprint density at radius 2 is 0.974 bits per heavy atom. The molecule has 0 aliphatic rings. The minimum absolute atomic E-state index is 0.191. The Labute approximate surface area is 205 Å². The second-order valence-corrected chi connectivity index (χ2v) is 8.46. The quantitative estimate of drug-likeness (QED) is 0.146. The van der Waals surface area contributed by atoms with Gasteiger partial charge >= 0.3 is 59.6 Å². The van der Waals surface area contributed by atoms with Crippen molar-refractivity contribution in [3.63, 3.8) is 0 Å². The van der Waals surface area contributed by atoms with Gasteiger partial charge in [0.15, 0.2) is 0 Å². The van der Waals surface area contributed by atoms with Crippen molar-refractivity contribution in [1.82, 2.24) is 0 Å². The molecule has 0 aromatic rings. The lowest BCUT2D eigenvalue weighted by atomic mass is 9.79. The predicted octanol–water partition coefficient (Wildman–Crippen LogP) is 6.98. The standard InChI is InChI=1S/C18H15F17O4/c1-6(5-8(36)37)9(38)39-10(3,4)7(2)11(19,20)12(21,22)13(23,24)14(25,26)15(27,28)16(29,30)17(31,32)18(33,34)35/h7H,1,5H2,2-4H3,(H,36,37).